The SMILES string of the molecule is Cc1c(C)c(CO)c(C)c(CO)c1C. The molecule has 1 aromatic rings. The summed E-state index contributed by atoms with van der Waals surface area (Å²) in [4.78, 5) is 0. The fourth-order valence-corrected chi connectivity index (χ4v) is 1.95. The minimum absolute atomic E-state index is 0.0474. The molecular formula is C12H18O2. The Morgan fingerprint density at radius 3 is 1.29 bits per heavy atom. The number of rotatable bonds is 2. The standard InChI is InChI=1S/C12H18O2/c1-7-8(2)11(5-13)10(4)12(6-14)9(7)3/h13-14H,5-6H2,1-4H3. The quantitative estimate of drug-likeness (QED) is 0.755. The molecule has 0 fully saturated rings. The number of aliphatic hydroxyl groups is 2. The van der Waals surface area contributed by atoms with E-state index in [1.807, 2.05) is 27.7 Å². The summed E-state index contributed by atoms with van der Waals surface area (Å²) in [6.07, 6.45) is 0. The van der Waals surface area contributed by atoms with Crippen molar-refractivity contribution in [3.8, 4) is 0 Å². The summed E-state index contributed by atoms with van der Waals surface area (Å²) in [5, 5.41) is 18.5. The molecule has 1 rings (SSSR count). The summed E-state index contributed by atoms with van der Waals surface area (Å²) in [6, 6.07) is 0. The molecule has 0 aliphatic heterocycles. The summed E-state index contributed by atoms with van der Waals surface area (Å²) in [6.45, 7) is 8.11. The molecular weight excluding hydrogens is 176 g/mol. The van der Waals surface area contributed by atoms with Gasteiger partial charge in [0.2, 0.25) is 0 Å². The first-order valence-electron chi connectivity index (χ1n) is 4.84. The highest BCUT2D eigenvalue weighted by Crippen LogP contribution is 2.26. The molecule has 0 aromatic heterocycles. The van der Waals surface area contributed by atoms with Crippen molar-refractivity contribution >= 4 is 0 Å². The van der Waals surface area contributed by atoms with E-state index in [-0.39, 0.29) is 13.2 Å². The lowest BCUT2D eigenvalue weighted by atomic mass is 9.89. The Kier molecular flexibility index (Phi) is 3.29. The topological polar surface area (TPSA) is 40.5 Å². The Morgan fingerprint density at radius 2 is 1.00 bits per heavy atom. The third-order valence-corrected chi connectivity index (χ3v) is 3.25. The van der Waals surface area contributed by atoms with Gasteiger partial charge >= 0.3 is 0 Å². The van der Waals surface area contributed by atoms with Crippen LogP contribution in [0.25, 0.3) is 0 Å². The van der Waals surface area contributed by atoms with Crippen LogP contribution in [0.15, 0.2) is 0 Å². The van der Waals surface area contributed by atoms with Crippen molar-refractivity contribution in [1.29, 1.82) is 0 Å². The van der Waals surface area contributed by atoms with Crippen LogP contribution in [0.1, 0.15) is 33.4 Å². The zero-order valence-electron chi connectivity index (χ0n) is 9.31. The lowest BCUT2D eigenvalue weighted by molar-refractivity contribution is 0.272. The fourth-order valence-electron chi connectivity index (χ4n) is 1.95. The molecule has 0 aliphatic rings. The van der Waals surface area contributed by atoms with Crippen molar-refractivity contribution in [2.45, 2.75) is 40.9 Å². The molecule has 0 bridgehead atoms. The van der Waals surface area contributed by atoms with Crippen LogP contribution < -0.4 is 0 Å². The Balaban J connectivity index is 3.56. The third-order valence-electron chi connectivity index (χ3n) is 3.25. The minimum Gasteiger partial charge on any atom is -0.392 e. The second-order valence-corrected chi connectivity index (χ2v) is 3.77. The summed E-state index contributed by atoms with van der Waals surface area (Å²) in [7, 11) is 0. The second-order valence-electron chi connectivity index (χ2n) is 3.77. The smallest absolute Gasteiger partial charge is 0.0687 e. The van der Waals surface area contributed by atoms with E-state index in [1.165, 1.54) is 5.56 Å². The maximum absolute atomic E-state index is 9.25. The van der Waals surface area contributed by atoms with Gasteiger partial charge in [0.05, 0.1) is 13.2 Å². The summed E-state index contributed by atoms with van der Waals surface area (Å²) in [5.74, 6) is 0. The number of hydrogen-bond acceptors (Lipinski definition) is 2. The molecule has 0 saturated heterocycles. The molecule has 1 aromatic carbocycles. The van der Waals surface area contributed by atoms with E-state index < -0.39 is 0 Å². The van der Waals surface area contributed by atoms with Gasteiger partial charge in [-0.15, -0.1) is 0 Å². The predicted octanol–water partition coefficient (Wildman–Crippen LogP) is 1.90. The fraction of sp³-hybridized carbons (Fsp3) is 0.500. The molecule has 0 saturated carbocycles. The van der Waals surface area contributed by atoms with Gasteiger partial charge in [-0.25, -0.2) is 0 Å². The molecule has 2 N–H and O–H groups in total. The van der Waals surface area contributed by atoms with Crippen LogP contribution in [0, 0.1) is 27.7 Å². The van der Waals surface area contributed by atoms with Gasteiger partial charge in [0.15, 0.2) is 0 Å². The normalized spacial score (nSPS) is 10.7. The number of aliphatic hydroxyl groups excluding tert-OH is 2. The summed E-state index contributed by atoms with van der Waals surface area (Å²) in [5.41, 5.74) is 6.38. The van der Waals surface area contributed by atoms with Crippen molar-refractivity contribution in [3.05, 3.63) is 33.4 Å². The van der Waals surface area contributed by atoms with Gasteiger partial charge < -0.3 is 10.2 Å². The highest BCUT2D eigenvalue weighted by atomic mass is 16.3. The van der Waals surface area contributed by atoms with Gasteiger partial charge in [0.25, 0.3) is 0 Å². The van der Waals surface area contributed by atoms with Gasteiger partial charge in [-0.2, -0.15) is 0 Å². The Labute approximate surface area is 85.2 Å². The van der Waals surface area contributed by atoms with Crippen LogP contribution >= 0.6 is 0 Å². The average molecular weight is 194 g/mol. The Bertz CT molecular complexity index is 323. The van der Waals surface area contributed by atoms with Crippen LogP contribution in [-0.4, -0.2) is 10.2 Å². The minimum atomic E-state index is 0.0474. The molecule has 2 heteroatoms. The van der Waals surface area contributed by atoms with Gasteiger partial charge in [-0.1, -0.05) is 0 Å². The lowest BCUT2D eigenvalue weighted by Crippen LogP contribution is -2.05. The van der Waals surface area contributed by atoms with E-state index in [0.717, 1.165) is 27.8 Å². The largest absolute Gasteiger partial charge is 0.392 e. The molecule has 14 heavy (non-hydrogen) atoms. The average Bonchev–Trinajstić information content (AvgIpc) is 2.16. The monoisotopic (exact) mass is 194 g/mol. The molecule has 0 heterocycles. The van der Waals surface area contributed by atoms with Gasteiger partial charge in [0, 0.05) is 0 Å². The van der Waals surface area contributed by atoms with Crippen molar-refractivity contribution in [2.24, 2.45) is 0 Å². The molecule has 0 amide bonds. The number of hydrogen-bond donors (Lipinski definition) is 2. The lowest BCUT2D eigenvalue weighted by Gasteiger charge is -2.18. The van der Waals surface area contributed by atoms with E-state index >= 15 is 0 Å². The molecule has 78 valence electrons. The van der Waals surface area contributed by atoms with Crippen molar-refractivity contribution in [1.82, 2.24) is 0 Å². The highest BCUT2D eigenvalue weighted by molar-refractivity contribution is 5.49. The van der Waals surface area contributed by atoms with E-state index in [1.54, 1.807) is 0 Å². The second kappa shape index (κ2) is 4.11. The first-order chi connectivity index (χ1) is 6.54. The highest BCUT2D eigenvalue weighted by Gasteiger charge is 2.12. The first-order valence-corrected chi connectivity index (χ1v) is 4.84. The maximum Gasteiger partial charge on any atom is 0.0687 e. The van der Waals surface area contributed by atoms with Crippen LogP contribution in [-0.2, 0) is 13.2 Å². The van der Waals surface area contributed by atoms with E-state index in [9.17, 15) is 10.2 Å². The third kappa shape index (κ3) is 1.56. The van der Waals surface area contributed by atoms with Crippen LogP contribution in [0.3, 0.4) is 0 Å². The zero-order valence-corrected chi connectivity index (χ0v) is 9.31. The molecule has 0 aliphatic carbocycles. The van der Waals surface area contributed by atoms with Crippen LogP contribution in [0.4, 0.5) is 0 Å². The van der Waals surface area contributed by atoms with Crippen LogP contribution in [0.2, 0.25) is 0 Å². The zero-order chi connectivity index (χ0) is 10.9. The molecule has 0 atom stereocenters. The van der Waals surface area contributed by atoms with Crippen molar-refractivity contribution in [3.63, 3.8) is 0 Å². The van der Waals surface area contributed by atoms with E-state index in [0.29, 0.717) is 0 Å². The summed E-state index contributed by atoms with van der Waals surface area (Å²) < 4.78 is 0. The molecule has 0 radical (unpaired) electrons. The van der Waals surface area contributed by atoms with Gasteiger partial charge in [-0.3, -0.25) is 0 Å². The van der Waals surface area contributed by atoms with Gasteiger partial charge in [0.1, 0.15) is 0 Å². The number of benzene rings is 1. The molecule has 0 spiro atoms. The maximum atomic E-state index is 9.25. The Morgan fingerprint density at radius 1 is 0.643 bits per heavy atom. The summed E-state index contributed by atoms with van der Waals surface area (Å²) >= 11 is 0. The van der Waals surface area contributed by atoms with Gasteiger partial charge in [-0.05, 0) is 61.1 Å². The van der Waals surface area contributed by atoms with Crippen molar-refractivity contribution < 1.29 is 10.2 Å². The molecule has 2 nitrogen and oxygen atoms in total. The first kappa shape index (κ1) is 11.2. The Hall–Kier alpha value is -0.860. The van der Waals surface area contributed by atoms with Crippen molar-refractivity contribution in [2.75, 3.05) is 0 Å². The van der Waals surface area contributed by atoms with E-state index in [2.05, 4.69) is 0 Å². The van der Waals surface area contributed by atoms with E-state index in [4.69, 9.17) is 0 Å². The van der Waals surface area contributed by atoms with Crippen LogP contribution in [0.5, 0.6) is 0 Å². The predicted molar refractivity (Wildman–Crippen MR) is 57.2 cm³/mol. The molecule has 0 unspecified atom stereocenters.